The first-order valence-corrected chi connectivity index (χ1v) is 14.6. The van der Waals surface area contributed by atoms with E-state index in [0.29, 0.717) is 28.3 Å². The normalized spacial score (nSPS) is 12.3. The third-order valence-electron chi connectivity index (χ3n) is 8.06. The molecule has 6 nitrogen and oxygen atoms in total. The van der Waals surface area contributed by atoms with Crippen LogP contribution in [0.2, 0.25) is 0 Å². The van der Waals surface area contributed by atoms with Crippen LogP contribution in [0.5, 0.6) is 11.6 Å². The summed E-state index contributed by atoms with van der Waals surface area (Å²) in [7, 11) is 6.08. The minimum atomic E-state index is -0.487. The molecule has 4 rings (SSSR count). The topological polar surface area (TPSA) is 74.4 Å². The van der Waals surface area contributed by atoms with E-state index in [1.807, 2.05) is 31.2 Å². The molecular formula is C35H44N3O3+. The number of unbranched alkanes of at least 4 members (excludes halogenated alkanes) is 1. The fourth-order valence-electron chi connectivity index (χ4n) is 5.93. The maximum Gasteiger partial charge on any atom is 0.252 e. The van der Waals surface area contributed by atoms with Crippen LogP contribution in [0.25, 0.3) is 21.9 Å². The number of likely N-dealkylation sites (N-methyl/N-ethyl adjacent to an activating group) is 1. The standard InChI is InChI=1S/C35H43N3O3/c1-7-9-18-27-23-26-17-13-14-19-28(26)35(37-27)41-21-20-38(4,5)30(8-2)29-22-24(3)31(34(36)39)33(40-6)32(29)25-15-11-10-12-16-25/h10-17,19,22-23,30H,7-9,18,20-21H2,1-6H3,(H-,36,39)/p+1/t30-/m0/s1. The van der Waals surface area contributed by atoms with Gasteiger partial charge >= 0.3 is 0 Å². The monoisotopic (exact) mass is 554 g/mol. The van der Waals surface area contributed by atoms with Gasteiger partial charge in [0.15, 0.2) is 0 Å². The van der Waals surface area contributed by atoms with Crippen LogP contribution >= 0.6 is 0 Å². The van der Waals surface area contributed by atoms with Gasteiger partial charge in [-0.1, -0.05) is 68.8 Å². The van der Waals surface area contributed by atoms with Crippen molar-refractivity contribution in [3.63, 3.8) is 0 Å². The second kappa shape index (κ2) is 13.2. The van der Waals surface area contributed by atoms with Crippen LogP contribution in [0.1, 0.15) is 66.3 Å². The lowest BCUT2D eigenvalue weighted by Crippen LogP contribution is -2.46. The first-order valence-electron chi connectivity index (χ1n) is 14.6. The largest absolute Gasteiger partial charge is 0.495 e. The van der Waals surface area contributed by atoms with Gasteiger partial charge in [0.25, 0.3) is 5.91 Å². The number of methoxy groups -OCH3 is 1. The Morgan fingerprint density at radius 3 is 2.39 bits per heavy atom. The molecule has 0 fully saturated rings. The number of carbonyl (C=O) groups is 1. The molecule has 0 saturated heterocycles. The highest BCUT2D eigenvalue weighted by Crippen LogP contribution is 2.44. The SMILES string of the molecule is CCCCc1cc2ccccc2c(OCC[N+](C)(C)[C@@H](CC)c2cc(C)c(C(N)=O)c(OC)c2-c2ccccc2)n1. The Kier molecular flexibility index (Phi) is 9.66. The number of nitrogens with zero attached hydrogens (tertiary/aromatic N) is 2. The van der Waals surface area contributed by atoms with E-state index in [1.54, 1.807) is 7.11 Å². The minimum Gasteiger partial charge on any atom is -0.495 e. The van der Waals surface area contributed by atoms with Crippen LogP contribution in [0.4, 0.5) is 0 Å². The van der Waals surface area contributed by atoms with Gasteiger partial charge in [0.1, 0.15) is 24.9 Å². The highest BCUT2D eigenvalue weighted by molar-refractivity contribution is 6.00. The third kappa shape index (κ3) is 6.54. The molecule has 0 bridgehead atoms. The summed E-state index contributed by atoms with van der Waals surface area (Å²) in [4.78, 5) is 17.4. The zero-order valence-corrected chi connectivity index (χ0v) is 25.4. The van der Waals surface area contributed by atoms with Gasteiger partial charge < -0.3 is 19.7 Å². The van der Waals surface area contributed by atoms with Crippen molar-refractivity contribution < 1.29 is 18.8 Å². The Labute approximate surface area is 244 Å². The van der Waals surface area contributed by atoms with Gasteiger partial charge in [-0.2, -0.15) is 0 Å². The van der Waals surface area contributed by atoms with Crippen molar-refractivity contribution >= 4 is 16.7 Å². The van der Waals surface area contributed by atoms with Crippen LogP contribution in [-0.4, -0.2) is 49.7 Å². The number of benzene rings is 3. The molecule has 0 aliphatic rings. The number of hydrogen-bond donors (Lipinski definition) is 1. The number of primary amides is 1. The van der Waals surface area contributed by atoms with E-state index in [0.717, 1.165) is 70.9 Å². The van der Waals surface area contributed by atoms with Crippen molar-refractivity contribution in [1.29, 1.82) is 0 Å². The van der Waals surface area contributed by atoms with Crippen molar-refractivity contribution in [2.75, 3.05) is 34.4 Å². The Balaban J connectivity index is 1.68. The fourth-order valence-corrected chi connectivity index (χ4v) is 5.93. The number of nitrogens with two attached hydrogens (primary N) is 1. The van der Waals surface area contributed by atoms with Crippen molar-refractivity contribution in [2.24, 2.45) is 5.73 Å². The molecule has 1 heterocycles. The van der Waals surface area contributed by atoms with Gasteiger partial charge in [-0.05, 0) is 54.5 Å². The van der Waals surface area contributed by atoms with Crippen LogP contribution in [0.3, 0.4) is 0 Å². The Bertz CT molecular complexity index is 1500. The summed E-state index contributed by atoms with van der Waals surface area (Å²) in [6, 6.07) is 22.8. The first kappa shape index (κ1) is 30.1. The minimum absolute atomic E-state index is 0.115. The third-order valence-corrected chi connectivity index (χ3v) is 8.06. The summed E-state index contributed by atoms with van der Waals surface area (Å²) in [6.07, 6.45) is 4.07. The number of aryl methyl sites for hydroxylation is 2. The summed E-state index contributed by atoms with van der Waals surface area (Å²) in [6.45, 7) is 7.62. The second-order valence-corrected chi connectivity index (χ2v) is 11.3. The van der Waals surface area contributed by atoms with Gasteiger partial charge in [-0.15, -0.1) is 0 Å². The maximum atomic E-state index is 12.5. The fraction of sp³-hybridized carbons (Fsp3) is 0.371. The molecule has 0 aliphatic carbocycles. The lowest BCUT2D eigenvalue weighted by Gasteiger charge is -2.39. The van der Waals surface area contributed by atoms with Crippen molar-refractivity contribution in [1.82, 2.24) is 4.98 Å². The molecule has 1 amide bonds. The maximum absolute atomic E-state index is 12.5. The first-order chi connectivity index (χ1) is 19.7. The number of amides is 1. The summed E-state index contributed by atoms with van der Waals surface area (Å²) in [5, 5.41) is 2.20. The molecule has 0 radical (unpaired) electrons. The van der Waals surface area contributed by atoms with E-state index in [9.17, 15) is 4.79 Å². The molecule has 0 saturated carbocycles. The number of pyridine rings is 1. The quantitative estimate of drug-likeness (QED) is 0.176. The molecule has 1 aromatic heterocycles. The van der Waals surface area contributed by atoms with E-state index in [2.05, 4.69) is 70.4 Å². The predicted molar refractivity (Wildman–Crippen MR) is 168 cm³/mol. The van der Waals surface area contributed by atoms with E-state index < -0.39 is 5.91 Å². The number of rotatable bonds is 13. The van der Waals surface area contributed by atoms with Gasteiger partial charge in [-0.3, -0.25) is 4.79 Å². The summed E-state index contributed by atoms with van der Waals surface area (Å²) >= 11 is 0. The molecule has 1 atom stereocenters. The molecule has 2 N–H and O–H groups in total. The van der Waals surface area contributed by atoms with Gasteiger partial charge in [0, 0.05) is 28.6 Å². The van der Waals surface area contributed by atoms with Crippen LogP contribution in [0, 0.1) is 6.92 Å². The Hall–Kier alpha value is -3.90. The lowest BCUT2D eigenvalue weighted by atomic mass is 9.87. The molecule has 216 valence electrons. The van der Waals surface area contributed by atoms with Crippen molar-refractivity contribution in [3.05, 3.63) is 89.1 Å². The summed E-state index contributed by atoms with van der Waals surface area (Å²) in [5.74, 6) is 0.752. The van der Waals surface area contributed by atoms with E-state index in [-0.39, 0.29) is 6.04 Å². The molecule has 0 spiro atoms. The molecule has 0 aliphatic heterocycles. The average Bonchev–Trinajstić information content (AvgIpc) is 2.96. The predicted octanol–water partition coefficient (Wildman–Crippen LogP) is 7.27. The van der Waals surface area contributed by atoms with Crippen LogP contribution in [0.15, 0.2) is 66.7 Å². The van der Waals surface area contributed by atoms with Gasteiger partial charge in [0.2, 0.25) is 5.88 Å². The number of fused-ring (bicyclic) bond motifs is 1. The second-order valence-electron chi connectivity index (χ2n) is 11.3. The average molecular weight is 555 g/mol. The Morgan fingerprint density at radius 2 is 1.73 bits per heavy atom. The van der Waals surface area contributed by atoms with Crippen molar-refractivity contribution in [2.45, 2.75) is 52.5 Å². The molecule has 41 heavy (non-hydrogen) atoms. The number of ether oxygens (including phenoxy) is 2. The molecule has 6 heteroatoms. The van der Waals surface area contributed by atoms with E-state index in [4.69, 9.17) is 20.2 Å². The summed E-state index contributed by atoms with van der Waals surface area (Å²) < 4.78 is 13.0. The van der Waals surface area contributed by atoms with E-state index >= 15 is 0 Å². The number of carbonyl (C=O) groups excluding carboxylic acids is 1. The highest BCUT2D eigenvalue weighted by Gasteiger charge is 2.34. The lowest BCUT2D eigenvalue weighted by molar-refractivity contribution is -0.921. The summed E-state index contributed by atoms with van der Waals surface area (Å²) in [5.41, 5.74) is 11.2. The molecular weight excluding hydrogens is 510 g/mol. The molecule has 4 aromatic rings. The highest BCUT2D eigenvalue weighted by atomic mass is 16.5. The van der Waals surface area contributed by atoms with Crippen LogP contribution in [-0.2, 0) is 6.42 Å². The number of hydrogen-bond acceptors (Lipinski definition) is 4. The molecule has 0 unspecified atom stereocenters. The van der Waals surface area contributed by atoms with Crippen molar-refractivity contribution in [3.8, 4) is 22.8 Å². The van der Waals surface area contributed by atoms with Crippen LogP contribution < -0.4 is 15.2 Å². The number of aromatic nitrogens is 1. The van der Waals surface area contributed by atoms with Gasteiger partial charge in [0.05, 0.1) is 26.8 Å². The van der Waals surface area contributed by atoms with Gasteiger partial charge in [-0.25, -0.2) is 4.98 Å². The zero-order chi connectivity index (χ0) is 29.6. The zero-order valence-electron chi connectivity index (χ0n) is 25.4. The molecule has 3 aromatic carbocycles. The Morgan fingerprint density at radius 1 is 1.02 bits per heavy atom. The smallest absolute Gasteiger partial charge is 0.252 e. The van der Waals surface area contributed by atoms with E-state index in [1.165, 1.54) is 0 Å². The number of quaternary nitrogens is 1.